The van der Waals surface area contributed by atoms with Gasteiger partial charge in [-0.1, -0.05) is 27.2 Å². The molecule has 0 aliphatic carbocycles. The second-order valence-electron chi connectivity index (χ2n) is 3.65. The van der Waals surface area contributed by atoms with Crippen LogP contribution in [0.15, 0.2) is 0 Å². The van der Waals surface area contributed by atoms with Crippen LogP contribution in [0.3, 0.4) is 0 Å². The fourth-order valence-corrected chi connectivity index (χ4v) is 1.40. The molecule has 0 radical (unpaired) electrons. The number of ketones is 1. The van der Waals surface area contributed by atoms with E-state index in [0.717, 1.165) is 24.7 Å². The van der Waals surface area contributed by atoms with Crippen LogP contribution in [0.2, 0.25) is 0 Å². The summed E-state index contributed by atoms with van der Waals surface area (Å²) in [5.41, 5.74) is 0. The minimum absolute atomic E-state index is 0.323. The third-order valence-corrected chi connectivity index (χ3v) is 2.33. The maximum atomic E-state index is 10.7. The topological polar surface area (TPSA) is 17.1 Å². The molecule has 0 aliphatic heterocycles. The van der Waals surface area contributed by atoms with Gasteiger partial charge in [0.15, 0.2) is 0 Å². The molecule has 0 saturated heterocycles. The zero-order valence-electron chi connectivity index (χ0n) is 8.18. The standard InChI is InChI=1S/C10H20O/c1-5-10(8(2)3)7-6-9(4)11/h8,10H,5-7H2,1-4H3/t10-/m0/s1. The first-order chi connectivity index (χ1) is 5.07. The molecule has 0 spiro atoms. The fraction of sp³-hybridized carbons (Fsp3) is 0.900. The van der Waals surface area contributed by atoms with Gasteiger partial charge in [0.2, 0.25) is 0 Å². The third kappa shape index (κ3) is 5.00. The summed E-state index contributed by atoms with van der Waals surface area (Å²) in [5.74, 6) is 1.78. The summed E-state index contributed by atoms with van der Waals surface area (Å²) >= 11 is 0. The summed E-state index contributed by atoms with van der Waals surface area (Å²) in [4.78, 5) is 10.7. The second-order valence-corrected chi connectivity index (χ2v) is 3.65. The first-order valence-corrected chi connectivity index (χ1v) is 4.57. The normalized spacial score (nSPS) is 13.5. The van der Waals surface area contributed by atoms with E-state index in [1.54, 1.807) is 6.92 Å². The SMILES string of the molecule is CC[C@@H](CCC(C)=O)C(C)C. The zero-order valence-corrected chi connectivity index (χ0v) is 8.18. The summed E-state index contributed by atoms with van der Waals surface area (Å²) in [5, 5.41) is 0. The third-order valence-electron chi connectivity index (χ3n) is 2.33. The molecule has 0 aromatic rings. The molecule has 1 nitrogen and oxygen atoms in total. The van der Waals surface area contributed by atoms with Gasteiger partial charge in [-0.25, -0.2) is 0 Å². The van der Waals surface area contributed by atoms with Crippen LogP contribution in [-0.2, 0) is 4.79 Å². The molecule has 1 atom stereocenters. The summed E-state index contributed by atoms with van der Waals surface area (Å²) < 4.78 is 0. The molecule has 0 rings (SSSR count). The predicted molar refractivity (Wildman–Crippen MR) is 48.5 cm³/mol. The highest BCUT2D eigenvalue weighted by Gasteiger charge is 2.10. The Morgan fingerprint density at radius 1 is 1.36 bits per heavy atom. The Morgan fingerprint density at radius 2 is 1.91 bits per heavy atom. The molecule has 0 amide bonds. The van der Waals surface area contributed by atoms with E-state index < -0.39 is 0 Å². The first-order valence-electron chi connectivity index (χ1n) is 4.57. The predicted octanol–water partition coefficient (Wildman–Crippen LogP) is 3.04. The van der Waals surface area contributed by atoms with Crippen molar-refractivity contribution < 1.29 is 4.79 Å². The minimum atomic E-state index is 0.323. The smallest absolute Gasteiger partial charge is 0.129 e. The van der Waals surface area contributed by atoms with E-state index in [9.17, 15) is 4.79 Å². The lowest BCUT2D eigenvalue weighted by atomic mass is 9.88. The van der Waals surface area contributed by atoms with Crippen LogP contribution in [-0.4, -0.2) is 5.78 Å². The van der Waals surface area contributed by atoms with Gasteiger partial charge in [-0.3, -0.25) is 0 Å². The van der Waals surface area contributed by atoms with Crippen LogP contribution in [0, 0.1) is 11.8 Å². The number of carbonyl (C=O) groups is 1. The van der Waals surface area contributed by atoms with Crippen molar-refractivity contribution in [3.8, 4) is 0 Å². The maximum absolute atomic E-state index is 10.7. The van der Waals surface area contributed by atoms with E-state index in [0.29, 0.717) is 5.78 Å². The molecule has 0 aromatic heterocycles. The van der Waals surface area contributed by atoms with Gasteiger partial charge in [-0.05, 0) is 25.2 Å². The van der Waals surface area contributed by atoms with E-state index in [1.165, 1.54) is 6.42 Å². The van der Waals surface area contributed by atoms with Crippen molar-refractivity contribution in [3.63, 3.8) is 0 Å². The number of rotatable bonds is 5. The van der Waals surface area contributed by atoms with Gasteiger partial charge in [0.05, 0.1) is 0 Å². The van der Waals surface area contributed by atoms with Crippen molar-refractivity contribution in [2.45, 2.75) is 47.0 Å². The molecule has 66 valence electrons. The summed E-state index contributed by atoms with van der Waals surface area (Å²) in [6.07, 6.45) is 3.03. The van der Waals surface area contributed by atoms with Crippen molar-refractivity contribution in [2.24, 2.45) is 11.8 Å². The van der Waals surface area contributed by atoms with Gasteiger partial charge >= 0.3 is 0 Å². The van der Waals surface area contributed by atoms with Crippen molar-refractivity contribution in [2.75, 3.05) is 0 Å². The van der Waals surface area contributed by atoms with Gasteiger partial charge in [-0.15, -0.1) is 0 Å². The molecular weight excluding hydrogens is 136 g/mol. The van der Waals surface area contributed by atoms with Gasteiger partial charge in [0.25, 0.3) is 0 Å². The lowest BCUT2D eigenvalue weighted by Crippen LogP contribution is -2.08. The van der Waals surface area contributed by atoms with Gasteiger partial charge < -0.3 is 4.79 Å². The van der Waals surface area contributed by atoms with Crippen LogP contribution < -0.4 is 0 Å². The molecule has 11 heavy (non-hydrogen) atoms. The first kappa shape index (κ1) is 10.7. The van der Waals surface area contributed by atoms with Gasteiger partial charge in [0.1, 0.15) is 5.78 Å². The van der Waals surface area contributed by atoms with Crippen LogP contribution in [0.1, 0.15) is 47.0 Å². The van der Waals surface area contributed by atoms with Crippen molar-refractivity contribution in [1.29, 1.82) is 0 Å². The van der Waals surface area contributed by atoms with E-state index in [2.05, 4.69) is 20.8 Å². The molecule has 0 unspecified atom stereocenters. The molecule has 0 bridgehead atoms. The Hall–Kier alpha value is -0.330. The monoisotopic (exact) mass is 156 g/mol. The Labute approximate surface area is 70.2 Å². The second kappa shape index (κ2) is 5.34. The summed E-state index contributed by atoms with van der Waals surface area (Å²) in [6, 6.07) is 0. The van der Waals surface area contributed by atoms with E-state index in [-0.39, 0.29) is 0 Å². The Kier molecular flexibility index (Phi) is 5.18. The van der Waals surface area contributed by atoms with Crippen molar-refractivity contribution in [1.82, 2.24) is 0 Å². The highest BCUT2D eigenvalue weighted by atomic mass is 16.1. The number of Topliss-reactive ketones (excluding diaryl/α,β-unsaturated/α-hetero) is 1. The van der Waals surface area contributed by atoms with E-state index in [4.69, 9.17) is 0 Å². The van der Waals surface area contributed by atoms with Crippen molar-refractivity contribution in [3.05, 3.63) is 0 Å². The van der Waals surface area contributed by atoms with Crippen LogP contribution >= 0.6 is 0 Å². The van der Waals surface area contributed by atoms with Crippen LogP contribution in [0.25, 0.3) is 0 Å². The maximum Gasteiger partial charge on any atom is 0.129 e. The van der Waals surface area contributed by atoms with E-state index in [1.807, 2.05) is 0 Å². The highest BCUT2D eigenvalue weighted by Crippen LogP contribution is 2.20. The fourth-order valence-electron chi connectivity index (χ4n) is 1.40. The van der Waals surface area contributed by atoms with Gasteiger partial charge in [0, 0.05) is 6.42 Å². The lowest BCUT2D eigenvalue weighted by Gasteiger charge is -2.17. The van der Waals surface area contributed by atoms with Gasteiger partial charge in [-0.2, -0.15) is 0 Å². The zero-order chi connectivity index (χ0) is 8.85. The molecule has 0 N–H and O–H groups in total. The average molecular weight is 156 g/mol. The Balaban J connectivity index is 3.61. The molecule has 0 heterocycles. The molecule has 0 saturated carbocycles. The number of hydrogen-bond acceptors (Lipinski definition) is 1. The largest absolute Gasteiger partial charge is 0.300 e. The van der Waals surface area contributed by atoms with Crippen molar-refractivity contribution >= 4 is 5.78 Å². The Morgan fingerprint density at radius 3 is 2.18 bits per heavy atom. The van der Waals surface area contributed by atoms with Crippen LogP contribution in [0.4, 0.5) is 0 Å². The molecule has 0 aliphatic rings. The Bertz CT molecular complexity index is 116. The quantitative estimate of drug-likeness (QED) is 0.598. The number of carbonyl (C=O) groups excluding carboxylic acids is 1. The number of hydrogen-bond donors (Lipinski definition) is 0. The van der Waals surface area contributed by atoms with Crippen LogP contribution in [0.5, 0.6) is 0 Å². The molecule has 0 fully saturated rings. The lowest BCUT2D eigenvalue weighted by molar-refractivity contribution is -0.117. The minimum Gasteiger partial charge on any atom is -0.300 e. The summed E-state index contributed by atoms with van der Waals surface area (Å²) in [7, 11) is 0. The highest BCUT2D eigenvalue weighted by molar-refractivity contribution is 5.75. The molecular formula is C10H20O. The molecule has 1 heteroatoms. The summed E-state index contributed by atoms with van der Waals surface area (Å²) in [6.45, 7) is 8.33. The average Bonchev–Trinajstić information content (AvgIpc) is 1.87. The van der Waals surface area contributed by atoms with E-state index >= 15 is 0 Å². The molecule has 0 aromatic carbocycles.